The van der Waals surface area contributed by atoms with Gasteiger partial charge >= 0.3 is 39.5 Å². The highest BCUT2D eigenvalue weighted by Crippen LogP contribution is 2.45. The summed E-state index contributed by atoms with van der Waals surface area (Å²) in [6, 6.07) is 0. The van der Waals surface area contributed by atoms with Gasteiger partial charge in [-0.15, -0.1) is 0 Å². The van der Waals surface area contributed by atoms with Gasteiger partial charge in [-0.2, -0.15) is 0 Å². The van der Waals surface area contributed by atoms with E-state index >= 15 is 0 Å². The largest absolute Gasteiger partial charge is 0.472 e. The quantitative estimate of drug-likeness (QED) is 0.0169. The molecule has 0 fully saturated rings. The van der Waals surface area contributed by atoms with E-state index in [1.165, 1.54) is 38.5 Å². The summed E-state index contributed by atoms with van der Waals surface area (Å²) >= 11 is 0. The molecule has 3 N–H and O–H groups in total. The van der Waals surface area contributed by atoms with Crippen LogP contribution in [0.3, 0.4) is 0 Å². The van der Waals surface area contributed by atoms with Crippen molar-refractivity contribution in [2.45, 2.75) is 329 Å². The first-order valence-electron chi connectivity index (χ1n) is 42.0. The molecular weight excluding hydrogens is 1430 g/mol. The normalized spacial score (nSPS) is 14.7. The number of unbranched alkanes of at least 4 members (excludes halogenated alkanes) is 21. The predicted molar refractivity (Wildman–Crippen MR) is 454 cm³/mol. The highest BCUT2D eigenvalue weighted by atomic mass is 31.2. The fraction of sp³-hybridized carbons (Fsp3) is 0.626. The van der Waals surface area contributed by atoms with Crippen LogP contribution in [-0.4, -0.2) is 96.7 Å². The lowest BCUT2D eigenvalue weighted by Gasteiger charge is -2.21. The van der Waals surface area contributed by atoms with E-state index < -0.39 is 97.5 Å². The summed E-state index contributed by atoms with van der Waals surface area (Å²) in [5.41, 5.74) is 0. The van der Waals surface area contributed by atoms with E-state index in [-0.39, 0.29) is 25.7 Å². The zero-order valence-electron chi connectivity index (χ0n) is 68.4. The van der Waals surface area contributed by atoms with Crippen LogP contribution in [-0.2, 0) is 65.4 Å². The molecule has 17 nitrogen and oxygen atoms in total. The Morgan fingerprint density at radius 2 is 0.491 bits per heavy atom. The summed E-state index contributed by atoms with van der Waals surface area (Å²) in [6.45, 7) is 4.39. The molecule has 0 rings (SSSR count). The van der Waals surface area contributed by atoms with E-state index in [9.17, 15) is 43.2 Å². The highest BCUT2D eigenvalue weighted by molar-refractivity contribution is 7.47. The van der Waals surface area contributed by atoms with Crippen LogP contribution in [0.25, 0.3) is 0 Å². The van der Waals surface area contributed by atoms with Crippen molar-refractivity contribution in [1.82, 2.24) is 0 Å². The molecule has 0 spiro atoms. The first kappa shape index (κ1) is 104. The average Bonchev–Trinajstić information content (AvgIpc) is 0.899. The van der Waals surface area contributed by atoms with Crippen molar-refractivity contribution >= 4 is 39.5 Å². The Bertz CT molecular complexity index is 2800. The maximum absolute atomic E-state index is 13.1. The van der Waals surface area contributed by atoms with Gasteiger partial charge in [0.15, 0.2) is 12.2 Å². The topological polar surface area (TPSA) is 237 Å². The van der Waals surface area contributed by atoms with Crippen molar-refractivity contribution in [3.05, 3.63) is 182 Å². The van der Waals surface area contributed by atoms with Crippen LogP contribution < -0.4 is 0 Å². The number of ether oxygens (including phenoxy) is 4. The number of rotatable bonds is 77. The van der Waals surface area contributed by atoms with Gasteiger partial charge in [-0.25, -0.2) is 9.13 Å². The number of phosphoric acid groups is 2. The van der Waals surface area contributed by atoms with Crippen LogP contribution in [0.1, 0.15) is 310 Å². The predicted octanol–water partition coefficient (Wildman–Crippen LogP) is 25.1. The third-order valence-corrected chi connectivity index (χ3v) is 18.8. The number of allylic oxidation sites excluding steroid dienone is 30. The third kappa shape index (κ3) is 80.2. The Labute approximate surface area is 666 Å². The summed E-state index contributed by atoms with van der Waals surface area (Å²) < 4.78 is 68.7. The number of aliphatic hydroxyl groups is 1. The molecule has 0 amide bonds. The first-order valence-corrected chi connectivity index (χ1v) is 45.0. The number of aliphatic hydroxyl groups excluding tert-OH is 1. The van der Waals surface area contributed by atoms with Gasteiger partial charge in [0.1, 0.15) is 19.3 Å². The summed E-state index contributed by atoms with van der Waals surface area (Å²) in [4.78, 5) is 73.2. The van der Waals surface area contributed by atoms with Crippen LogP contribution in [0.2, 0.25) is 0 Å². The minimum Gasteiger partial charge on any atom is -0.462 e. The van der Waals surface area contributed by atoms with E-state index in [2.05, 4.69) is 192 Å². The van der Waals surface area contributed by atoms with Gasteiger partial charge in [0.05, 0.1) is 26.4 Å². The molecule has 0 aliphatic rings. The smallest absolute Gasteiger partial charge is 0.462 e. The Morgan fingerprint density at radius 3 is 0.800 bits per heavy atom. The van der Waals surface area contributed by atoms with E-state index in [0.29, 0.717) is 32.1 Å². The molecule has 0 heterocycles. The number of phosphoric ester groups is 2. The van der Waals surface area contributed by atoms with Gasteiger partial charge < -0.3 is 33.8 Å². The molecule has 0 aliphatic carbocycles. The van der Waals surface area contributed by atoms with Crippen LogP contribution in [0.5, 0.6) is 0 Å². The number of esters is 4. The fourth-order valence-corrected chi connectivity index (χ4v) is 12.2. The van der Waals surface area contributed by atoms with Gasteiger partial charge in [-0.3, -0.25) is 37.3 Å². The maximum atomic E-state index is 13.1. The molecule has 0 aromatic carbocycles. The molecule has 0 aromatic rings. The third-order valence-electron chi connectivity index (χ3n) is 16.9. The monoisotopic (exact) mass is 1580 g/mol. The Hall–Kier alpha value is -5.84. The standard InChI is InChI=1S/C91H148O17P2/c1-5-9-13-17-21-25-29-33-37-40-42-45-48-51-55-59-63-67-71-75-88(93)101-81-86(107-90(95)77-73-69-65-61-57-53-47-36-32-28-24-20-16-12-8-4)83-105-109(97,98)103-79-85(92)80-104-110(99,100)106-84-87(108-91(96)78-74-70-66-62-58-54-50-44-39-35-31-27-23-19-15-11-7-3)82-102-89(94)76-72-68-64-60-56-52-49-46-43-41-38-34-30-26-22-18-14-10-6-2/h9-11,13-15,21-23,25-27,33-39,42-43,45-47,51-52,55-56,63,67,85-87,92H,5-8,12,16-20,24,28-32,40-41,44,48-50,53-54,57-62,64-66,68-84H2,1-4H3,(H,97,98)(H,99,100)/b13-9-,14-10-,15-11-,25-21-,26-22-,27-23-,37-33-,38-34-,39-35-,45-42-,46-43-,47-36-,55-51-,56-52-,67-63-. The van der Waals surface area contributed by atoms with Crippen molar-refractivity contribution in [2.75, 3.05) is 39.6 Å². The first-order chi connectivity index (χ1) is 53.7. The molecule has 19 heteroatoms. The van der Waals surface area contributed by atoms with Crippen molar-refractivity contribution in [1.29, 1.82) is 0 Å². The number of hydrogen-bond donors (Lipinski definition) is 3. The lowest BCUT2D eigenvalue weighted by atomic mass is 10.1. The molecule has 5 atom stereocenters. The lowest BCUT2D eigenvalue weighted by Crippen LogP contribution is -2.30. The number of carbonyl (C=O) groups is 4. The molecule has 5 unspecified atom stereocenters. The van der Waals surface area contributed by atoms with Crippen LogP contribution in [0.15, 0.2) is 182 Å². The molecule has 0 radical (unpaired) electrons. The summed E-state index contributed by atoms with van der Waals surface area (Å²) in [5.74, 6) is -2.34. The van der Waals surface area contributed by atoms with Crippen LogP contribution in [0, 0.1) is 0 Å². The van der Waals surface area contributed by atoms with E-state index in [1.807, 2.05) is 18.2 Å². The molecule has 110 heavy (non-hydrogen) atoms. The average molecular weight is 1580 g/mol. The molecule has 624 valence electrons. The number of carbonyl (C=O) groups excluding carboxylic acids is 4. The van der Waals surface area contributed by atoms with E-state index in [4.69, 9.17) is 37.0 Å². The fourth-order valence-electron chi connectivity index (χ4n) is 10.6. The van der Waals surface area contributed by atoms with Gasteiger partial charge in [0.2, 0.25) is 0 Å². The molecule has 0 saturated heterocycles. The molecule has 0 bridgehead atoms. The molecular formula is C91H148O17P2. The second kappa shape index (κ2) is 81.2. The van der Waals surface area contributed by atoms with Gasteiger partial charge in [0, 0.05) is 25.7 Å². The SMILES string of the molecule is CC/C=C\C/C=C\C/C=C\C/C=C\C/C=C\C/C=C\CCC(=O)OCC(COP(=O)(O)OCC(O)COP(=O)(O)OCC(COC(=O)CCCCC/C=C\C/C=C\C/C=C\C/C=C\C/C=C\CC)OC(=O)CCCCCCCCC/C=C\C/C=C\C/C=C\CC)OC(=O)CCCCCCC/C=C\CCCCCCCC. The summed E-state index contributed by atoms with van der Waals surface area (Å²) in [5, 5.41) is 10.7. The van der Waals surface area contributed by atoms with Crippen molar-refractivity contribution in [3.8, 4) is 0 Å². The van der Waals surface area contributed by atoms with Crippen molar-refractivity contribution < 1.29 is 80.2 Å². The Morgan fingerprint density at radius 1 is 0.264 bits per heavy atom. The molecule has 0 saturated carbocycles. The molecule has 0 aliphatic heterocycles. The highest BCUT2D eigenvalue weighted by Gasteiger charge is 2.30. The van der Waals surface area contributed by atoms with E-state index in [0.717, 1.165) is 186 Å². The zero-order valence-corrected chi connectivity index (χ0v) is 70.1. The molecule has 0 aromatic heterocycles. The van der Waals surface area contributed by atoms with Crippen LogP contribution >= 0.6 is 15.6 Å². The van der Waals surface area contributed by atoms with Gasteiger partial charge in [0.25, 0.3) is 0 Å². The van der Waals surface area contributed by atoms with Crippen molar-refractivity contribution in [2.24, 2.45) is 0 Å². The Kier molecular flexibility index (Phi) is 76.9. The minimum atomic E-state index is -5.01. The second-order valence-electron chi connectivity index (χ2n) is 27.3. The minimum absolute atomic E-state index is 0.0286. The lowest BCUT2D eigenvalue weighted by molar-refractivity contribution is -0.161. The van der Waals surface area contributed by atoms with Gasteiger partial charge in [-0.1, -0.05) is 300 Å². The summed E-state index contributed by atoms with van der Waals surface area (Å²) in [6.07, 6.45) is 98.7. The van der Waals surface area contributed by atoms with Crippen molar-refractivity contribution in [3.63, 3.8) is 0 Å². The van der Waals surface area contributed by atoms with Crippen LogP contribution in [0.4, 0.5) is 0 Å². The Balaban J connectivity index is 5.50. The summed E-state index contributed by atoms with van der Waals surface area (Å²) in [7, 11) is -10.0. The zero-order chi connectivity index (χ0) is 80.3. The maximum Gasteiger partial charge on any atom is 0.472 e. The second-order valence-corrected chi connectivity index (χ2v) is 30.2. The van der Waals surface area contributed by atoms with E-state index in [1.54, 1.807) is 0 Å². The van der Waals surface area contributed by atoms with Gasteiger partial charge in [-0.05, 0) is 167 Å². The number of hydrogen-bond acceptors (Lipinski definition) is 15.